The van der Waals surface area contributed by atoms with Crippen molar-refractivity contribution < 1.29 is 18.3 Å². The summed E-state index contributed by atoms with van der Waals surface area (Å²) in [5.74, 6) is 0.587. The van der Waals surface area contributed by atoms with Crippen LogP contribution in [0.4, 0.5) is 19.3 Å². The molecule has 2 heterocycles. The van der Waals surface area contributed by atoms with Gasteiger partial charge in [-0.15, -0.1) is 0 Å². The van der Waals surface area contributed by atoms with Gasteiger partial charge < -0.3 is 15.4 Å². The highest BCUT2D eigenvalue weighted by Crippen LogP contribution is 2.29. The summed E-state index contributed by atoms with van der Waals surface area (Å²) in [7, 11) is 0. The van der Waals surface area contributed by atoms with Gasteiger partial charge in [-0.3, -0.25) is 0 Å². The first kappa shape index (κ1) is 20.2. The van der Waals surface area contributed by atoms with E-state index < -0.39 is 12.6 Å². The van der Waals surface area contributed by atoms with Crippen molar-refractivity contribution in [3.05, 3.63) is 65.1 Å². The van der Waals surface area contributed by atoms with Crippen molar-refractivity contribution >= 4 is 11.7 Å². The van der Waals surface area contributed by atoms with Crippen LogP contribution in [0.25, 0.3) is 5.82 Å². The van der Waals surface area contributed by atoms with Gasteiger partial charge in [-0.2, -0.15) is 13.9 Å². The summed E-state index contributed by atoms with van der Waals surface area (Å²) in [6, 6.07) is 9.70. The lowest BCUT2D eigenvalue weighted by atomic mass is 10.2. The van der Waals surface area contributed by atoms with Crippen LogP contribution in [0.2, 0.25) is 0 Å². The molecule has 0 aliphatic carbocycles. The standard InChI is InChI=1S/C20H21F2N5O2/c1-12-5-4-6-16(29-19(21)22)18(12)25-20(28)24-11-15-7-8-17(23-10-15)27-14(3)9-13(2)26-27/h4-10,19H,11H2,1-3H3,(H2,24,25,28). The fraction of sp³-hybridized carbons (Fsp3) is 0.250. The lowest BCUT2D eigenvalue weighted by molar-refractivity contribution is -0.0493. The number of ether oxygens (including phenoxy) is 1. The Morgan fingerprint density at radius 2 is 2.00 bits per heavy atom. The third kappa shape index (κ3) is 5.07. The number of hydrogen-bond donors (Lipinski definition) is 2. The molecule has 29 heavy (non-hydrogen) atoms. The van der Waals surface area contributed by atoms with E-state index in [1.54, 1.807) is 29.9 Å². The Morgan fingerprint density at radius 1 is 1.21 bits per heavy atom. The van der Waals surface area contributed by atoms with Crippen LogP contribution in [-0.4, -0.2) is 27.4 Å². The third-order valence-electron chi connectivity index (χ3n) is 4.18. The molecule has 0 aliphatic rings. The van der Waals surface area contributed by atoms with Crippen molar-refractivity contribution in [3.63, 3.8) is 0 Å². The first-order valence-electron chi connectivity index (χ1n) is 8.91. The number of para-hydroxylation sites is 1. The lowest BCUT2D eigenvalue weighted by Crippen LogP contribution is -2.29. The van der Waals surface area contributed by atoms with E-state index >= 15 is 0 Å². The molecule has 152 valence electrons. The number of alkyl halides is 2. The van der Waals surface area contributed by atoms with Gasteiger partial charge in [0.15, 0.2) is 5.82 Å². The first-order chi connectivity index (χ1) is 13.8. The van der Waals surface area contributed by atoms with Crippen LogP contribution in [0.5, 0.6) is 5.75 Å². The molecule has 2 amide bonds. The van der Waals surface area contributed by atoms with Gasteiger partial charge in [0, 0.05) is 18.4 Å². The van der Waals surface area contributed by atoms with Crippen molar-refractivity contribution in [1.29, 1.82) is 0 Å². The molecule has 1 aromatic carbocycles. The summed E-state index contributed by atoms with van der Waals surface area (Å²) in [6.45, 7) is 2.78. The minimum Gasteiger partial charge on any atom is -0.433 e. The normalized spacial score (nSPS) is 10.8. The molecule has 0 radical (unpaired) electrons. The van der Waals surface area contributed by atoms with Gasteiger partial charge in [0.1, 0.15) is 5.75 Å². The van der Waals surface area contributed by atoms with E-state index in [-0.39, 0.29) is 18.0 Å². The topological polar surface area (TPSA) is 81.1 Å². The second-order valence-corrected chi connectivity index (χ2v) is 6.50. The van der Waals surface area contributed by atoms with E-state index in [1.165, 1.54) is 6.07 Å². The van der Waals surface area contributed by atoms with Gasteiger partial charge in [-0.05, 0) is 50.1 Å². The average Bonchev–Trinajstić information content (AvgIpc) is 3.01. The second kappa shape index (κ2) is 8.68. The van der Waals surface area contributed by atoms with Crippen LogP contribution >= 0.6 is 0 Å². The molecule has 0 fully saturated rings. The molecule has 0 atom stereocenters. The second-order valence-electron chi connectivity index (χ2n) is 6.50. The van der Waals surface area contributed by atoms with E-state index in [0.29, 0.717) is 11.4 Å². The van der Waals surface area contributed by atoms with Crippen molar-refractivity contribution in [2.24, 2.45) is 0 Å². The highest BCUT2D eigenvalue weighted by molar-refractivity contribution is 5.91. The first-order valence-corrected chi connectivity index (χ1v) is 8.91. The molecule has 0 spiro atoms. The van der Waals surface area contributed by atoms with Gasteiger partial charge in [-0.1, -0.05) is 18.2 Å². The number of pyridine rings is 1. The summed E-state index contributed by atoms with van der Waals surface area (Å²) >= 11 is 0. The van der Waals surface area contributed by atoms with Gasteiger partial charge in [-0.25, -0.2) is 14.5 Å². The van der Waals surface area contributed by atoms with E-state index in [1.807, 2.05) is 32.0 Å². The molecule has 2 N–H and O–H groups in total. The number of aromatic nitrogens is 3. The zero-order chi connectivity index (χ0) is 21.0. The highest BCUT2D eigenvalue weighted by atomic mass is 19.3. The number of amides is 2. The zero-order valence-corrected chi connectivity index (χ0v) is 16.2. The van der Waals surface area contributed by atoms with Crippen LogP contribution < -0.4 is 15.4 Å². The summed E-state index contributed by atoms with van der Waals surface area (Å²) in [5.41, 5.74) is 3.45. The Morgan fingerprint density at radius 3 is 2.62 bits per heavy atom. The van der Waals surface area contributed by atoms with Gasteiger partial charge in [0.05, 0.1) is 11.4 Å². The molecule has 7 nitrogen and oxygen atoms in total. The molecule has 3 rings (SSSR count). The molecule has 3 aromatic rings. The Labute approximate surface area is 166 Å². The number of aryl methyl sites for hydroxylation is 3. The predicted octanol–water partition coefficient (Wildman–Crippen LogP) is 4.12. The van der Waals surface area contributed by atoms with Gasteiger partial charge in [0.2, 0.25) is 0 Å². The van der Waals surface area contributed by atoms with Crippen molar-refractivity contribution in [3.8, 4) is 11.6 Å². The fourth-order valence-electron chi connectivity index (χ4n) is 2.84. The number of benzene rings is 1. The molecule has 0 saturated heterocycles. The smallest absolute Gasteiger partial charge is 0.387 e. The number of carbonyl (C=O) groups excluding carboxylic acids is 1. The number of anilines is 1. The molecule has 0 aliphatic heterocycles. The molecule has 9 heteroatoms. The minimum atomic E-state index is -2.98. The maximum atomic E-state index is 12.6. The molecular formula is C20H21F2N5O2. The Bertz CT molecular complexity index is 1000. The Balaban J connectivity index is 1.62. The SMILES string of the molecule is Cc1cc(C)n(-c2ccc(CNC(=O)Nc3c(C)cccc3OC(F)F)cn2)n1. The summed E-state index contributed by atoms with van der Waals surface area (Å²) < 4.78 is 31.3. The maximum absolute atomic E-state index is 12.6. The predicted molar refractivity (Wildman–Crippen MR) is 105 cm³/mol. The number of nitrogens with zero attached hydrogens (tertiary/aromatic N) is 3. The van der Waals surface area contributed by atoms with Crippen molar-refractivity contribution in [2.75, 3.05) is 5.32 Å². The van der Waals surface area contributed by atoms with Crippen molar-refractivity contribution in [1.82, 2.24) is 20.1 Å². The molecule has 0 saturated carbocycles. The van der Waals surface area contributed by atoms with Gasteiger partial charge in [0.25, 0.3) is 0 Å². The molecule has 0 bridgehead atoms. The Kier molecular flexibility index (Phi) is 6.06. The molecule has 2 aromatic heterocycles. The van der Waals surface area contributed by atoms with Crippen LogP contribution in [0.15, 0.2) is 42.6 Å². The summed E-state index contributed by atoms with van der Waals surface area (Å²) in [5, 5.41) is 9.61. The maximum Gasteiger partial charge on any atom is 0.387 e. The molecular weight excluding hydrogens is 380 g/mol. The number of halogens is 2. The van der Waals surface area contributed by atoms with Crippen LogP contribution in [0.1, 0.15) is 22.5 Å². The number of nitrogens with one attached hydrogen (secondary N) is 2. The average molecular weight is 401 g/mol. The number of rotatable bonds is 6. The number of carbonyl (C=O) groups is 1. The number of hydrogen-bond acceptors (Lipinski definition) is 4. The van der Waals surface area contributed by atoms with Crippen molar-refractivity contribution in [2.45, 2.75) is 33.9 Å². The van der Waals surface area contributed by atoms with Crippen LogP contribution in [0, 0.1) is 20.8 Å². The van der Waals surface area contributed by atoms with E-state index in [2.05, 4.69) is 25.5 Å². The quantitative estimate of drug-likeness (QED) is 0.651. The van der Waals surface area contributed by atoms with E-state index in [9.17, 15) is 13.6 Å². The fourth-order valence-corrected chi connectivity index (χ4v) is 2.84. The molecule has 0 unspecified atom stereocenters. The highest BCUT2D eigenvalue weighted by Gasteiger charge is 2.14. The summed E-state index contributed by atoms with van der Waals surface area (Å²) in [6.07, 6.45) is 1.64. The monoisotopic (exact) mass is 401 g/mol. The van der Waals surface area contributed by atoms with E-state index in [4.69, 9.17) is 0 Å². The Hall–Kier alpha value is -3.49. The number of urea groups is 1. The lowest BCUT2D eigenvalue weighted by Gasteiger charge is -2.15. The largest absolute Gasteiger partial charge is 0.433 e. The van der Waals surface area contributed by atoms with E-state index in [0.717, 1.165) is 17.0 Å². The third-order valence-corrected chi connectivity index (χ3v) is 4.18. The minimum absolute atomic E-state index is 0.0916. The van der Waals surface area contributed by atoms with Gasteiger partial charge >= 0.3 is 12.6 Å². The zero-order valence-electron chi connectivity index (χ0n) is 16.2. The van der Waals surface area contributed by atoms with Crippen LogP contribution in [0.3, 0.4) is 0 Å². The summed E-state index contributed by atoms with van der Waals surface area (Å²) in [4.78, 5) is 16.6. The van der Waals surface area contributed by atoms with Crippen LogP contribution in [-0.2, 0) is 6.54 Å².